The van der Waals surface area contributed by atoms with Crippen LogP contribution in [-0.2, 0) is 0 Å². The minimum absolute atomic E-state index is 0.718. The lowest BCUT2D eigenvalue weighted by atomic mass is 10.1. The second-order valence-electron chi connectivity index (χ2n) is 3.97. The number of benzene rings is 1. The zero-order chi connectivity index (χ0) is 14.1. The quantitative estimate of drug-likeness (QED) is 0.504. The zero-order valence-electron chi connectivity index (χ0n) is 11.3. The molecule has 0 bridgehead atoms. The molecule has 0 saturated heterocycles. The Morgan fingerprint density at radius 2 is 1.74 bits per heavy atom. The van der Waals surface area contributed by atoms with E-state index < -0.39 is 0 Å². The highest BCUT2D eigenvalue weighted by molar-refractivity contribution is 6.09. The van der Waals surface area contributed by atoms with Gasteiger partial charge in [0.15, 0.2) is 0 Å². The summed E-state index contributed by atoms with van der Waals surface area (Å²) >= 11 is 0. The monoisotopic (exact) mass is 249 g/mol. The maximum atomic E-state index is 4.52. The Morgan fingerprint density at radius 3 is 2.32 bits per heavy atom. The molecule has 0 unspecified atom stereocenters. The molecule has 0 radical (unpaired) electrons. The standard InChI is InChI=1S/C18H19N/c1-5-10-16(4)19-18(14-13-15(3)6-2)17-11-8-7-9-12-17/h5-14H,2-4H2,1H3/b10-5-,14-13-,19-18+. The molecule has 0 aliphatic carbocycles. The molecule has 1 heteroatoms. The second-order valence-corrected chi connectivity index (χ2v) is 3.97. The van der Waals surface area contributed by atoms with E-state index in [0.29, 0.717) is 0 Å². The highest BCUT2D eigenvalue weighted by atomic mass is 14.7. The van der Waals surface area contributed by atoms with Crippen LogP contribution in [0.5, 0.6) is 0 Å². The minimum Gasteiger partial charge on any atom is -0.249 e. The van der Waals surface area contributed by atoms with Crippen molar-refractivity contribution >= 4 is 5.71 Å². The molecule has 1 aromatic rings. The summed E-state index contributed by atoms with van der Waals surface area (Å²) in [5.74, 6) is 0. The summed E-state index contributed by atoms with van der Waals surface area (Å²) in [5.41, 5.74) is 3.46. The number of aliphatic imine (C=N–C) groups is 1. The number of nitrogens with zero attached hydrogens (tertiary/aromatic N) is 1. The third kappa shape index (κ3) is 5.17. The third-order valence-electron chi connectivity index (χ3n) is 2.41. The Kier molecular flexibility index (Phi) is 6.04. The fourth-order valence-electron chi connectivity index (χ4n) is 1.45. The molecule has 1 aromatic carbocycles. The Morgan fingerprint density at radius 1 is 1.05 bits per heavy atom. The lowest BCUT2D eigenvalue weighted by molar-refractivity contribution is 1.41. The molecule has 0 atom stereocenters. The second kappa shape index (κ2) is 7.83. The van der Waals surface area contributed by atoms with Crippen LogP contribution < -0.4 is 0 Å². The van der Waals surface area contributed by atoms with Crippen LogP contribution in [0.25, 0.3) is 0 Å². The van der Waals surface area contributed by atoms with E-state index in [9.17, 15) is 0 Å². The molecule has 0 aliphatic heterocycles. The van der Waals surface area contributed by atoms with Gasteiger partial charge in [-0.05, 0) is 24.6 Å². The van der Waals surface area contributed by atoms with E-state index in [0.717, 1.165) is 22.5 Å². The van der Waals surface area contributed by atoms with E-state index in [-0.39, 0.29) is 0 Å². The molecule has 96 valence electrons. The van der Waals surface area contributed by atoms with Gasteiger partial charge in [-0.3, -0.25) is 0 Å². The van der Waals surface area contributed by atoms with Gasteiger partial charge in [0.1, 0.15) is 0 Å². The van der Waals surface area contributed by atoms with Crippen molar-refractivity contribution in [3.8, 4) is 0 Å². The van der Waals surface area contributed by atoms with Crippen LogP contribution in [0.1, 0.15) is 12.5 Å². The SMILES string of the molecule is C=CC(=C)/C=C\C(=N/C(=C)/C=C\C)c1ccccc1. The van der Waals surface area contributed by atoms with Crippen molar-refractivity contribution in [1.29, 1.82) is 0 Å². The molecule has 0 fully saturated rings. The van der Waals surface area contributed by atoms with Crippen molar-refractivity contribution < 1.29 is 0 Å². The summed E-state index contributed by atoms with van der Waals surface area (Å²) in [5, 5.41) is 0. The predicted molar refractivity (Wildman–Crippen MR) is 85.4 cm³/mol. The van der Waals surface area contributed by atoms with Crippen LogP contribution in [0.15, 0.2) is 96.7 Å². The molecule has 0 N–H and O–H groups in total. The van der Waals surface area contributed by atoms with Gasteiger partial charge in [0.25, 0.3) is 0 Å². The molecule has 1 rings (SSSR count). The summed E-state index contributed by atoms with van der Waals surface area (Å²) < 4.78 is 0. The first-order valence-corrected chi connectivity index (χ1v) is 6.12. The molecular weight excluding hydrogens is 230 g/mol. The van der Waals surface area contributed by atoms with Crippen molar-refractivity contribution in [3.05, 3.63) is 97.3 Å². The molecule has 0 aromatic heterocycles. The summed E-state index contributed by atoms with van der Waals surface area (Å²) in [6, 6.07) is 9.98. The van der Waals surface area contributed by atoms with Gasteiger partial charge in [0.2, 0.25) is 0 Å². The molecule has 1 nitrogen and oxygen atoms in total. The minimum atomic E-state index is 0.718. The van der Waals surface area contributed by atoms with E-state index in [1.807, 2.05) is 61.6 Å². The van der Waals surface area contributed by atoms with Gasteiger partial charge >= 0.3 is 0 Å². The van der Waals surface area contributed by atoms with E-state index in [4.69, 9.17) is 0 Å². The Labute approximate surface area is 115 Å². The number of hydrogen-bond donors (Lipinski definition) is 0. The Bertz CT molecular complexity index is 542. The van der Waals surface area contributed by atoms with Gasteiger partial charge in [0.05, 0.1) is 11.4 Å². The summed E-state index contributed by atoms with van der Waals surface area (Å²) in [6.45, 7) is 13.4. The molecular formula is C18H19N. The van der Waals surface area contributed by atoms with Gasteiger partial charge < -0.3 is 0 Å². The first kappa shape index (κ1) is 14.7. The molecule has 0 aliphatic rings. The van der Waals surface area contributed by atoms with Crippen molar-refractivity contribution in [2.45, 2.75) is 6.92 Å². The van der Waals surface area contributed by atoms with Crippen LogP contribution in [0.3, 0.4) is 0 Å². The lowest BCUT2D eigenvalue weighted by Gasteiger charge is -2.02. The molecule has 0 saturated carbocycles. The van der Waals surface area contributed by atoms with Gasteiger partial charge in [-0.1, -0.05) is 68.3 Å². The number of hydrogen-bond acceptors (Lipinski definition) is 1. The number of allylic oxidation sites excluding steroid dienone is 6. The topological polar surface area (TPSA) is 12.4 Å². The molecule has 0 spiro atoms. The lowest BCUT2D eigenvalue weighted by Crippen LogP contribution is -1.97. The van der Waals surface area contributed by atoms with Crippen LogP contribution in [-0.4, -0.2) is 5.71 Å². The normalized spacial score (nSPS) is 11.9. The van der Waals surface area contributed by atoms with Crippen LogP contribution in [0.2, 0.25) is 0 Å². The summed E-state index contributed by atoms with van der Waals surface area (Å²) in [6.07, 6.45) is 9.32. The fourth-order valence-corrected chi connectivity index (χ4v) is 1.45. The van der Waals surface area contributed by atoms with Gasteiger partial charge in [-0.15, -0.1) is 0 Å². The Balaban J connectivity index is 3.11. The van der Waals surface area contributed by atoms with Crippen LogP contribution in [0, 0.1) is 0 Å². The first-order valence-electron chi connectivity index (χ1n) is 6.12. The highest BCUT2D eigenvalue weighted by Gasteiger charge is 1.99. The third-order valence-corrected chi connectivity index (χ3v) is 2.41. The van der Waals surface area contributed by atoms with Crippen molar-refractivity contribution in [1.82, 2.24) is 0 Å². The summed E-state index contributed by atoms with van der Waals surface area (Å²) in [4.78, 5) is 4.52. The van der Waals surface area contributed by atoms with E-state index >= 15 is 0 Å². The average Bonchev–Trinajstić information content (AvgIpc) is 2.44. The molecule has 0 heterocycles. The van der Waals surface area contributed by atoms with Crippen LogP contribution >= 0.6 is 0 Å². The number of rotatable bonds is 6. The van der Waals surface area contributed by atoms with E-state index in [1.54, 1.807) is 6.08 Å². The smallest absolute Gasteiger partial charge is 0.0709 e. The van der Waals surface area contributed by atoms with Gasteiger partial charge in [0, 0.05) is 5.56 Å². The van der Waals surface area contributed by atoms with Gasteiger partial charge in [-0.25, -0.2) is 4.99 Å². The first-order chi connectivity index (χ1) is 9.17. The maximum absolute atomic E-state index is 4.52. The predicted octanol–water partition coefficient (Wildman–Crippen LogP) is 4.86. The van der Waals surface area contributed by atoms with E-state index in [1.165, 1.54) is 0 Å². The Hall–Kier alpha value is -2.41. The van der Waals surface area contributed by atoms with Gasteiger partial charge in [-0.2, -0.15) is 0 Å². The maximum Gasteiger partial charge on any atom is 0.0709 e. The van der Waals surface area contributed by atoms with Crippen LogP contribution in [0.4, 0.5) is 0 Å². The van der Waals surface area contributed by atoms with Crippen molar-refractivity contribution in [2.24, 2.45) is 4.99 Å². The molecule has 0 amide bonds. The zero-order valence-corrected chi connectivity index (χ0v) is 11.3. The van der Waals surface area contributed by atoms with Crippen molar-refractivity contribution in [3.63, 3.8) is 0 Å². The average molecular weight is 249 g/mol. The highest BCUT2D eigenvalue weighted by Crippen LogP contribution is 2.08. The fraction of sp³-hybridized carbons (Fsp3) is 0.0556. The largest absolute Gasteiger partial charge is 0.249 e. The van der Waals surface area contributed by atoms with Crippen molar-refractivity contribution in [2.75, 3.05) is 0 Å². The molecule has 19 heavy (non-hydrogen) atoms. The summed E-state index contributed by atoms with van der Waals surface area (Å²) in [7, 11) is 0. The van der Waals surface area contributed by atoms with E-state index in [2.05, 4.69) is 24.7 Å².